The van der Waals surface area contributed by atoms with Crippen molar-refractivity contribution in [1.29, 1.82) is 0 Å². The molecule has 0 amide bonds. The number of nitrogens with zero attached hydrogens (tertiary/aromatic N) is 1. The number of benzene rings is 2. The number of aliphatic hydroxyl groups is 1. The molecule has 1 heterocycles. The Morgan fingerprint density at radius 3 is 2.04 bits per heavy atom. The third-order valence-corrected chi connectivity index (χ3v) is 4.94. The fraction of sp³-hybridized carbons (Fsp3) is 0.368. The molecule has 4 heteroatoms. The maximum absolute atomic E-state index is 10.3. The average Bonchev–Trinajstić information content (AvgIpc) is 2.62. The zero-order chi connectivity index (χ0) is 16.2. The SMILES string of the molecule is CB(O)N1C(CO)CC(c2ccccc2)CC1c1ccccc1. The van der Waals surface area contributed by atoms with Crippen molar-refractivity contribution in [3.63, 3.8) is 0 Å². The fourth-order valence-electron chi connectivity index (χ4n) is 3.91. The van der Waals surface area contributed by atoms with Gasteiger partial charge in [-0.25, -0.2) is 0 Å². The van der Waals surface area contributed by atoms with E-state index in [4.69, 9.17) is 0 Å². The van der Waals surface area contributed by atoms with Crippen LogP contribution in [0.25, 0.3) is 0 Å². The molecule has 0 radical (unpaired) electrons. The van der Waals surface area contributed by atoms with E-state index in [0.717, 1.165) is 12.8 Å². The van der Waals surface area contributed by atoms with Crippen LogP contribution in [0.5, 0.6) is 0 Å². The molecule has 23 heavy (non-hydrogen) atoms. The highest BCUT2D eigenvalue weighted by Gasteiger charge is 2.39. The predicted molar refractivity (Wildman–Crippen MR) is 94.1 cm³/mol. The van der Waals surface area contributed by atoms with Gasteiger partial charge in [-0.05, 0) is 36.7 Å². The maximum Gasteiger partial charge on any atom is 0.377 e. The van der Waals surface area contributed by atoms with Gasteiger partial charge in [-0.15, -0.1) is 0 Å². The summed E-state index contributed by atoms with van der Waals surface area (Å²) in [5.41, 5.74) is 2.52. The lowest BCUT2D eigenvalue weighted by Crippen LogP contribution is -2.52. The van der Waals surface area contributed by atoms with Crippen LogP contribution < -0.4 is 0 Å². The first-order valence-electron chi connectivity index (χ1n) is 8.37. The molecule has 3 unspecified atom stereocenters. The van der Waals surface area contributed by atoms with Crippen molar-refractivity contribution in [3.8, 4) is 0 Å². The smallest absolute Gasteiger partial charge is 0.377 e. The van der Waals surface area contributed by atoms with Crippen LogP contribution in [-0.2, 0) is 0 Å². The van der Waals surface area contributed by atoms with E-state index in [1.54, 1.807) is 6.82 Å². The van der Waals surface area contributed by atoms with Gasteiger partial charge in [0.05, 0.1) is 6.61 Å². The van der Waals surface area contributed by atoms with Crippen molar-refractivity contribution in [2.45, 2.75) is 37.7 Å². The van der Waals surface area contributed by atoms with Gasteiger partial charge in [0.2, 0.25) is 0 Å². The number of piperidine rings is 1. The summed E-state index contributed by atoms with van der Waals surface area (Å²) in [7, 11) is -0.575. The lowest BCUT2D eigenvalue weighted by molar-refractivity contribution is 0.0883. The molecule has 2 aromatic carbocycles. The molecule has 1 fully saturated rings. The maximum atomic E-state index is 10.3. The summed E-state index contributed by atoms with van der Waals surface area (Å²) in [6.07, 6.45) is 1.82. The van der Waals surface area contributed by atoms with Crippen LogP contribution >= 0.6 is 0 Å². The van der Waals surface area contributed by atoms with Gasteiger partial charge < -0.3 is 14.9 Å². The second-order valence-electron chi connectivity index (χ2n) is 6.42. The Bertz CT molecular complexity index is 605. The second kappa shape index (κ2) is 7.30. The van der Waals surface area contributed by atoms with E-state index >= 15 is 0 Å². The van der Waals surface area contributed by atoms with Crippen LogP contribution in [0.2, 0.25) is 6.82 Å². The summed E-state index contributed by atoms with van der Waals surface area (Å²) >= 11 is 0. The lowest BCUT2D eigenvalue weighted by atomic mass is 9.71. The molecular weight excluding hydrogens is 285 g/mol. The predicted octanol–water partition coefficient (Wildman–Crippen LogP) is 3.08. The molecule has 3 nitrogen and oxygen atoms in total. The molecule has 0 saturated carbocycles. The van der Waals surface area contributed by atoms with Crippen LogP contribution in [0, 0.1) is 0 Å². The normalized spacial score (nSPS) is 25.3. The van der Waals surface area contributed by atoms with E-state index in [1.165, 1.54) is 11.1 Å². The Kier molecular flexibility index (Phi) is 5.16. The quantitative estimate of drug-likeness (QED) is 0.853. The van der Waals surface area contributed by atoms with Gasteiger partial charge in [-0.1, -0.05) is 60.7 Å². The molecule has 0 bridgehead atoms. The van der Waals surface area contributed by atoms with Crippen molar-refractivity contribution in [3.05, 3.63) is 71.8 Å². The molecule has 1 aliphatic heterocycles. The highest BCUT2D eigenvalue weighted by atomic mass is 16.3. The molecule has 0 spiro atoms. The highest BCUT2D eigenvalue weighted by Crippen LogP contribution is 2.42. The number of hydrogen-bond donors (Lipinski definition) is 2. The first-order valence-corrected chi connectivity index (χ1v) is 8.37. The van der Waals surface area contributed by atoms with E-state index < -0.39 is 7.05 Å². The largest absolute Gasteiger partial charge is 0.437 e. The second-order valence-corrected chi connectivity index (χ2v) is 6.42. The average molecular weight is 309 g/mol. The minimum Gasteiger partial charge on any atom is -0.437 e. The molecule has 3 rings (SSSR count). The molecule has 1 aliphatic rings. The third-order valence-electron chi connectivity index (χ3n) is 4.94. The molecule has 2 aromatic rings. The highest BCUT2D eigenvalue weighted by molar-refractivity contribution is 6.45. The van der Waals surface area contributed by atoms with Crippen molar-refractivity contribution in [2.24, 2.45) is 0 Å². The summed E-state index contributed by atoms with van der Waals surface area (Å²) in [6, 6.07) is 20.9. The Morgan fingerprint density at radius 1 is 0.957 bits per heavy atom. The van der Waals surface area contributed by atoms with Gasteiger partial charge in [0.25, 0.3) is 0 Å². The minimum atomic E-state index is -0.575. The minimum absolute atomic E-state index is 0.0286. The molecule has 2 N–H and O–H groups in total. The summed E-state index contributed by atoms with van der Waals surface area (Å²) in [6.45, 7) is 1.86. The van der Waals surface area contributed by atoms with Crippen molar-refractivity contribution >= 4 is 7.05 Å². The zero-order valence-corrected chi connectivity index (χ0v) is 13.5. The van der Waals surface area contributed by atoms with Crippen LogP contribution in [-0.4, -0.2) is 34.6 Å². The van der Waals surface area contributed by atoms with Gasteiger partial charge in [-0.2, -0.15) is 0 Å². The van der Waals surface area contributed by atoms with Gasteiger partial charge in [0, 0.05) is 12.1 Å². The van der Waals surface area contributed by atoms with Gasteiger partial charge in [0.15, 0.2) is 0 Å². The lowest BCUT2D eigenvalue weighted by Gasteiger charge is -2.46. The third kappa shape index (κ3) is 3.50. The Morgan fingerprint density at radius 2 is 1.52 bits per heavy atom. The molecule has 0 aromatic heterocycles. The van der Waals surface area contributed by atoms with Gasteiger partial charge in [0.1, 0.15) is 0 Å². The van der Waals surface area contributed by atoms with Crippen molar-refractivity contribution < 1.29 is 10.1 Å². The summed E-state index contributed by atoms with van der Waals surface area (Å²) in [5.74, 6) is 0.397. The first kappa shape index (κ1) is 16.3. The zero-order valence-electron chi connectivity index (χ0n) is 13.5. The topological polar surface area (TPSA) is 43.7 Å². The van der Waals surface area contributed by atoms with E-state index in [2.05, 4.69) is 41.2 Å². The van der Waals surface area contributed by atoms with E-state index in [9.17, 15) is 10.1 Å². The van der Waals surface area contributed by atoms with E-state index in [0.29, 0.717) is 5.92 Å². The Labute approximate surface area is 138 Å². The molecule has 0 aliphatic carbocycles. The Hall–Kier alpha value is -1.62. The summed E-state index contributed by atoms with van der Waals surface area (Å²) in [5, 5.41) is 20.2. The summed E-state index contributed by atoms with van der Waals surface area (Å²) in [4.78, 5) is 2.06. The number of hydrogen-bond acceptors (Lipinski definition) is 3. The molecule has 120 valence electrons. The monoisotopic (exact) mass is 309 g/mol. The van der Waals surface area contributed by atoms with Gasteiger partial charge in [-0.3, -0.25) is 0 Å². The molecular formula is C19H24BNO2. The van der Waals surface area contributed by atoms with Crippen LogP contribution in [0.4, 0.5) is 0 Å². The van der Waals surface area contributed by atoms with Crippen LogP contribution in [0.3, 0.4) is 0 Å². The van der Waals surface area contributed by atoms with E-state index in [-0.39, 0.29) is 18.7 Å². The fourth-order valence-corrected chi connectivity index (χ4v) is 3.91. The van der Waals surface area contributed by atoms with Gasteiger partial charge >= 0.3 is 7.05 Å². The molecule has 1 saturated heterocycles. The van der Waals surface area contributed by atoms with Crippen molar-refractivity contribution in [2.75, 3.05) is 6.61 Å². The summed E-state index contributed by atoms with van der Waals surface area (Å²) < 4.78 is 0. The van der Waals surface area contributed by atoms with Crippen molar-refractivity contribution in [1.82, 2.24) is 4.81 Å². The van der Waals surface area contributed by atoms with E-state index in [1.807, 2.05) is 24.3 Å². The molecule has 3 atom stereocenters. The Balaban J connectivity index is 1.95. The standard InChI is InChI=1S/C19H24BNO2/c1-20(23)21-18(14-22)12-17(15-8-4-2-5-9-15)13-19(21)16-10-6-3-7-11-16/h2-11,17-19,22-23H,12-14H2,1H3. The van der Waals surface area contributed by atoms with Crippen LogP contribution in [0.1, 0.15) is 35.9 Å². The van der Waals surface area contributed by atoms with Crippen LogP contribution in [0.15, 0.2) is 60.7 Å². The number of aliphatic hydroxyl groups excluding tert-OH is 1. The first-order chi connectivity index (χ1) is 11.2. The number of rotatable bonds is 4.